The summed E-state index contributed by atoms with van der Waals surface area (Å²) in [7, 11) is 0.315. The van der Waals surface area contributed by atoms with Gasteiger partial charge in [-0.15, -0.1) is 0 Å². The van der Waals surface area contributed by atoms with E-state index >= 15 is 0 Å². The molecule has 3 rings (SSSR count). The van der Waals surface area contributed by atoms with E-state index in [9.17, 15) is 0 Å². The first-order valence-electron chi connectivity index (χ1n) is 7.38. The second kappa shape index (κ2) is 5.51. The van der Waals surface area contributed by atoms with Crippen molar-refractivity contribution in [2.45, 2.75) is 6.04 Å². The van der Waals surface area contributed by atoms with Crippen LogP contribution in [0.3, 0.4) is 0 Å². The van der Waals surface area contributed by atoms with E-state index in [1.807, 2.05) is 6.07 Å². The molecule has 2 saturated heterocycles. The van der Waals surface area contributed by atoms with Gasteiger partial charge in [0.25, 0.3) is 0 Å². The second-order valence-corrected chi connectivity index (χ2v) is 10.9. The Hall–Kier alpha value is -0.830. The molecule has 4 nitrogen and oxygen atoms in total. The second-order valence-electron chi connectivity index (χ2n) is 6.24. The van der Waals surface area contributed by atoms with E-state index < -0.39 is 7.26 Å². The summed E-state index contributed by atoms with van der Waals surface area (Å²) in [6.45, 7) is 6.77. The van der Waals surface area contributed by atoms with E-state index in [0.717, 1.165) is 24.7 Å². The van der Waals surface area contributed by atoms with Crippen LogP contribution in [0.5, 0.6) is 5.75 Å². The molecule has 0 saturated carbocycles. The first-order valence-corrected chi connectivity index (χ1v) is 10.3. The molecular weight excluding hydrogens is 271 g/mol. The first kappa shape index (κ1) is 14.1. The zero-order valence-electron chi connectivity index (χ0n) is 12.4. The third-order valence-corrected chi connectivity index (χ3v) is 9.33. The molecule has 2 heterocycles. The van der Waals surface area contributed by atoms with Crippen molar-refractivity contribution in [2.75, 3.05) is 58.1 Å². The molecule has 1 aromatic rings. The fraction of sp³-hybridized carbons (Fsp3) is 0.600. The van der Waals surface area contributed by atoms with Gasteiger partial charge in [0.05, 0.1) is 0 Å². The summed E-state index contributed by atoms with van der Waals surface area (Å²) in [4.78, 5) is 2.60. The summed E-state index contributed by atoms with van der Waals surface area (Å²) in [5.74, 6) is 0.825. The number of hydrogen-bond acceptors (Lipinski definition) is 4. The van der Waals surface area contributed by atoms with Crippen molar-refractivity contribution in [2.24, 2.45) is 0 Å². The Bertz CT molecular complexity index is 483. The van der Waals surface area contributed by atoms with Crippen LogP contribution in [0.4, 0.5) is 5.69 Å². The minimum atomic E-state index is -1.38. The zero-order chi connectivity index (χ0) is 14.2. The van der Waals surface area contributed by atoms with E-state index in [-0.39, 0.29) is 0 Å². The Balaban J connectivity index is 1.73. The molecule has 0 atom stereocenters. The first-order chi connectivity index (χ1) is 9.62. The molecule has 112 valence electrons. The van der Waals surface area contributed by atoms with Crippen molar-refractivity contribution in [3.63, 3.8) is 0 Å². The number of anilines is 1. The van der Waals surface area contributed by atoms with E-state index in [2.05, 4.69) is 23.7 Å². The minimum absolute atomic E-state index is 0.675. The van der Waals surface area contributed by atoms with Crippen LogP contribution in [0.2, 0.25) is 0 Å². The molecule has 0 unspecified atom stereocenters. The van der Waals surface area contributed by atoms with Gasteiger partial charge in [0.15, 0.2) is 0 Å². The van der Waals surface area contributed by atoms with Gasteiger partial charge in [-0.25, -0.2) is 0 Å². The molecule has 0 aromatic heterocycles. The van der Waals surface area contributed by atoms with Gasteiger partial charge in [-0.3, -0.25) is 0 Å². The Morgan fingerprint density at radius 3 is 2.55 bits per heavy atom. The Morgan fingerprint density at radius 2 is 2.00 bits per heavy atom. The van der Waals surface area contributed by atoms with Gasteiger partial charge < -0.3 is 0 Å². The van der Waals surface area contributed by atoms with Crippen LogP contribution in [0.25, 0.3) is 0 Å². The maximum absolute atomic E-state index is 5.93. The van der Waals surface area contributed by atoms with Crippen LogP contribution >= 0.6 is 7.26 Å². The van der Waals surface area contributed by atoms with Crippen molar-refractivity contribution < 1.29 is 9.47 Å². The van der Waals surface area contributed by atoms with E-state index in [1.54, 1.807) is 7.11 Å². The van der Waals surface area contributed by atoms with Crippen LogP contribution < -0.4 is 15.8 Å². The van der Waals surface area contributed by atoms with Crippen molar-refractivity contribution in [1.29, 1.82) is 0 Å². The Kier molecular flexibility index (Phi) is 3.89. The maximum atomic E-state index is 5.93. The Morgan fingerprint density at radius 1 is 1.30 bits per heavy atom. The number of methoxy groups -OCH3 is 1. The van der Waals surface area contributed by atoms with Crippen molar-refractivity contribution in [1.82, 2.24) is 4.90 Å². The summed E-state index contributed by atoms with van der Waals surface area (Å²) in [5.41, 5.74) is 6.66. The zero-order valence-corrected chi connectivity index (χ0v) is 13.4. The molecule has 0 aliphatic carbocycles. The average molecular weight is 296 g/mol. The number of nitrogens with zero attached hydrogens (tertiary/aromatic N) is 1. The number of ether oxygens (including phenoxy) is 2. The fourth-order valence-electron chi connectivity index (χ4n) is 3.19. The summed E-state index contributed by atoms with van der Waals surface area (Å²) >= 11 is 0. The molecule has 2 N–H and O–H groups in total. The van der Waals surface area contributed by atoms with E-state index in [1.165, 1.54) is 30.7 Å². The molecule has 0 radical (unpaired) electrons. The predicted octanol–water partition coefficient (Wildman–Crippen LogP) is 0.997. The number of nitrogens with two attached hydrogens (primary N) is 1. The molecule has 2 aliphatic heterocycles. The Labute approximate surface area is 121 Å². The average Bonchev–Trinajstić information content (AvgIpc) is 2.40. The van der Waals surface area contributed by atoms with Crippen molar-refractivity contribution >= 4 is 18.3 Å². The predicted molar refractivity (Wildman–Crippen MR) is 87.2 cm³/mol. The topological polar surface area (TPSA) is 47.7 Å². The summed E-state index contributed by atoms with van der Waals surface area (Å²) in [5, 5.41) is 1.48. The molecule has 2 aliphatic rings. The van der Waals surface area contributed by atoms with Gasteiger partial charge in [0.2, 0.25) is 0 Å². The summed E-state index contributed by atoms with van der Waals surface area (Å²) in [6.07, 6.45) is 2.63. The fourth-order valence-corrected chi connectivity index (χ4v) is 6.55. The van der Waals surface area contributed by atoms with Gasteiger partial charge >= 0.3 is 121 Å². The van der Waals surface area contributed by atoms with Gasteiger partial charge in [0, 0.05) is 0 Å². The van der Waals surface area contributed by atoms with E-state index in [0.29, 0.717) is 6.04 Å². The van der Waals surface area contributed by atoms with Gasteiger partial charge in [-0.05, 0) is 0 Å². The quantitative estimate of drug-likeness (QED) is 0.668. The van der Waals surface area contributed by atoms with Crippen molar-refractivity contribution in [3.05, 3.63) is 18.2 Å². The molecular formula is C15H25N2O2P. The molecule has 0 bridgehead atoms. The molecule has 0 spiro atoms. The SMILES string of the molecule is COc1cc([PH]2(C)CCN(C3COC3)CC2)ccc1N. The number of nitrogen functional groups attached to an aromatic ring is 1. The van der Waals surface area contributed by atoms with E-state index in [4.69, 9.17) is 15.2 Å². The number of hydrogen-bond donors (Lipinski definition) is 1. The van der Waals surface area contributed by atoms with Crippen LogP contribution in [-0.4, -0.2) is 63.3 Å². The normalized spacial score (nSPS) is 24.9. The van der Waals surface area contributed by atoms with Crippen LogP contribution in [0.15, 0.2) is 18.2 Å². The van der Waals surface area contributed by atoms with Gasteiger partial charge in [-0.1, -0.05) is 0 Å². The molecule has 20 heavy (non-hydrogen) atoms. The molecule has 0 amide bonds. The monoisotopic (exact) mass is 296 g/mol. The number of rotatable bonds is 3. The third kappa shape index (κ3) is 2.52. The summed E-state index contributed by atoms with van der Waals surface area (Å²) < 4.78 is 10.7. The standard InChI is InChI=1S/C15H25N2O2P/c1-18-15-9-13(3-4-14(15)16)20(2)7-5-17(6-8-20)12-10-19-11-12/h3-4,9,12,20H,5-8,10-11,16H2,1-2H3. The third-order valence-electron chi connectivity index (χ3n) is 4.97. The summed E-state index contributed by atoms with van der Waals surface area (Å²) in [6, 6.07) is 7.06. The number of benzene rings is 1. The molecule has 1 aromatic carbocycles. The van der Waals surface area contributed by atoms with Crippen molar-refractivity contribution in [3.8, 4) is 5.75 Å². The van der Waals surface area contributed by atoms with Gasteiger partial charge in [0.1, 0.15) is 0 Å². The van der Waals surface area contributed by atoms with Gasteiger partial charge in [-0.2, -0.15) is 0 Å². The molecule has 5 heteroatoms. The van der Waals surface area contributed by atoms with Crippen LogP contribution in [0, 0.1) is 0 Å². The van der Waals surface area contributed by atoms with Crippen LogP contribution in [0.1, 0.15) is 0 Å². The molecule has 2 fully saturated rings. The van der Waals surface area contributed by atoms with Crippen LogP contribution in [-0.2, 0) is 4.74 Å².